The van der Waals surface area contributed by atoms with Crippen LogP contribution in [-0.4, -0.2) is 45.3 Å². The predicted octanol–water partition coefficient (Wildman–Crippen LogP) is 1.64. The van der Waals surface area contributed by atoms with Gasteiger partial charge in [0, 0.05) is 43.8 Å². The zero-order valence-electron chi connectivity index (χ0n) is 15.5. The van der Waals surface area contributed by atoms with Gasteiger partial charge in [-0.2, -0.15) is 5.10 Å². The lowest BCUT2D eigenvalue weighted by Gasteiger charge is -2.25. The minimum absolute atomic E-state index is 0.331. The molecule has 0 radical (unpaired) electrons. The second-order valence-electron chi connectivity index (χ2n) is 6.35. The maximum absolute atomic E-state index is 4.57. The fourth-order valence-corrected chi connectivity index (χ4v) is 4.05. The summed E-state index contributed by atoms with van der Waals surface area (Å²) >= 11 is 1.78. The van der Waals surface area contributed by atoms with Crippen LogP contribution in [0.5, 0.6) is 0 Å². The van der Waals surface area contributed by atoms with Crippen molar-refractivity contribution >= 4 is 17.3 Å². The molecule has 136 valence electrons. The number of rotatable bonds is 5. The maximum atomic E-state index is 4.57. The number of hydrogen-bond acceptors (Lipinski definition) is 5. The Morgan fingerprint density at radius 2 is 2.20 bits per heavy atom. The van der Waals surface area contributed by atoms with E-state index in [4.69, 9.17) is 0 Å². The summed E-state index contributed by atoms with van der Waals surface area (Å²) in [4.78, 5) is 14.8. The van der Waals surface area contributed by atoms with E-state index in [0.717, 1.165) is 67.1 Å². The van der Waals surface area contributed by atoms with Crippen LogP contribution in [0.15, 0.2) is 4.99 Å². The standard InChI is InChI=1S/C17H27N7S/c1-5-15-22-16-7-6-13(10-24(16)23-15)21-17(18-4)19-9-8-14-11(2)20-12(3)25-14/h13H,5-10H2,1-4H3,(H2,18,19,21). The summed E-state index contributed by atoms with van der Waals surface area (Å²) in [6.45, 7) is 7.92. The summed E-state index contributed by atoms with van der Waals surface area (Å²) in [5, 5.41) is 12.6. The molecule has 1 atom stereocenters. The molecule has 8 heteroatoms. The minimum atomic E-state index is 0.331. The van der Waals surface area contributed by atoms with Gasteiger partial charge in [-0.05, 0) is 20.3 Å². The number of aliphatic imine (C=N–C) groups is 1. The van der Waals surface area contributed by atoms with Crippen molar-refractivity contribution in [1.29, 1.82) is 0 Å². The van der Waals surface area contributed by atoms with E-state index < -0.39 is 0 Å². The summed E-state index contributed by atoms with van der Waals surface area (Å²) in [5.41, 5.74) is 1.14. The summed E-state index contributed by atoms with van der Waals surface area (Å²) in [7, 11) is 1.82. The molecular weight excluding hydrogens is 334 g/mol. The molecule has 1 aliphatic rings. The van der Waals surface area contributed by atoms with Crippen molar-refractivity contribution in [3.05, 3.63) is 27.2 Å². The predicted molar refractivity (Wildman–Crippen MR) is 101 cm³/mol. The number of thiazole rings is 1. The normalized spacial score (nSPS) is 17.4. The van der Waals surface area contributed by atoms with Gasteiger partial charge in [-0.3, -0.25) is 4.99 Å². The van der Waals surface area contributed by atoms with E-state index in [2.05, 4.69) is 51.5 Å². The Labute approximate surface area is 153 Å². The van der Waals surface area contributed by atoms with Gasteiger partial charge in [0.2, 0.25) is 0 Å². The summed E-state index contributed by atoms with van der Waals surface area (Å²) < 4.78 is 2.04. The van der Waals surface area contributed by atoms with Crippen LogP contribution in [0.1, 0.15) is 40.6 Å². The van der Waals surface area contributed by atoms with Gasteiger partial charge in [-0.1, -0.05) is 6.92 Å². The molecule has 2 aromatic heterocycles. The molecule has 1 unspecified atom stereocenters. The van der Waals surface area contributed by atoms with Crippen LogP contribution in [0.3, 0.4) is 0 Å². The van der Waals surface area contributed by atoms with Crippen molar-refractivity contribution < 1.29 is 0 Å². The number of nitrogens with zero attached hydrogens (tertiary/aromatic N) is 5. The molecular formula is C17H27N7S. The third-order valence-electron chi connectivity index (χ3n) is 4.43. The molecule has 7 nitrogen and oxygen atoms in total. The Hall–Kier alpha value is -1.96. The molecule has 3 rings (SSSR count). The van der Waals surface area contributed by atoms with Crippen LogP contribution in [0.25, 0.3) is 0 Å². The van der Waals surface area contributed by atoms with Crippen LogP contribution in [0.4, 0.5) is 0 Å². The molecule has 0 amide bonds. The SMILES string of the molecule is CCc1nc2n(n1)CC(NC(=NC)NCCc1sc(C)nc1C)CC2. The maximum Gasteiger partial charge on any atom is 0.191 e. The van der Waals surface area contributed by atoms with Crippen molar-refractivity contribution in [2.45, 2.75) is 59.0 Å². The molecule has 0 aromatic carbocycles. The Balaban J connectivity index is 1.50. The first-order valence-corrected chi connectivity index (χ1v) is 9.73. The van der Waals surface area contributed by atoms with Gasteiger partial charge in [0.15, 0.2) is 11.8 Å². The number of nitrogens with one attached hydrogen (secondary N) is 2. The monoisotopic (exact) mass is 361 g/mol. The van der Waals surface area contributed by atoms with Crippen LogP contribution < -0.4 is 10.6 Å². The van der Waals surface area contributed by atoms with Crippen molar-refractivity contribution in [2.24, 2.45) is 4.99 Å². The number of fused-ring (bicyclic) bond motifs is 1. The van der Waals surface area contributed by atoms with Gasteiger partial charge in [0.1, 0.15) is 5.82 Å². The summed E-state index contributed by atoms with van der Waals surface area (Å²) in [6, 6.07) is 0.331. The molecule has 25 heavy (non-hydrogen) atoms. The molecule has 2 aromatic rings. The lowest BCUT2D eigenvalue weighted by Crippen LogP contribution is -2.47. The van der Waals surface area contributed by atoms with Crippen molar-refractivity contribution in [3.8, 4) is 0 Å². The van der Waals surface area contributed by atoms with Gasteiger partial charge < -0.3 is 10.6 Å². The lowest BCUT2D eigenvalue weighted by atomic mass is 10.1. The van der Waals surface area contributed by atoms with Gasteiger partial charge >= 0.3 is 0 Å². The fourth-order valence-electron chi connectivity index (χ4n) is 3.12. The molecule has 2 N–H and O–H groups in total. The molecule has 3 heterocycles. The van der Waals surface area contributed by atoms with Gasteiger partial charge in [-0.15, -0.1) is 11.3 Å². The van der Waals surface area contributed by atoms with E-state index in [9.17, 15) is 0 Å². The van der Waals surface area contributed by atoms with E-state index in [1.165, 1.54) is 4.88 Å². The van der Waals surface area contributed by atoms with Crippen molar-refractivity contribution in [2.75, 3.05) is 13.6 Å². The largest absolute Gasteiger partial charge is 0.356 e. The van der Waals surface area contributed by atoms with Gasteiger partial charge in [0.05, 0.1) is 17.2 Å². The topological polar surface area (TPSA) is 80.0 Å². The first-order valence-electron chi connectivity index (χ1n) is 8.91. The van der Waals surface area contributed by atoms with Crippen LogP contribution in [0, 0.1) is 13.8 Å². The van der Waals surface area contributed by atoms with E-state index in [0.29, 0.717) is 6.04 Å². The van der Waals surface area contributed by atoms with E-state index in [1.54, 1.807) is 11.3 Å². The third-order valence-corrected chi connectivity index (χ3v) is 5.56. The molecule has 0 fully saturated rings. The van der Waals surface area contributed by atoms with E-state index in [-0.39, 0.29) is 0 Å². The molecule has 0 aliphatic carbocycles. The molecule has 0 bridgehead atoms. The first-order chi connectivity index (χ1) is 12.1. The Morgan fingerprint density at radius 1 is 1.36 bits per heavy atom. The van der Waals surface area contributed by atoms with Gasteiger partial charge in [-0.25, -0.2) is 14.6 Å². The van der Waals surface area contributed by atoms with Crippen molar-refractivity contribution in [3.63, 3.8) is 0 Å². The van der Waals surface area contributed by atoms with Crippen LogP contribution in [-0.2, 0) is 25.8 Å². The van der Waals surface area contributed by atoms with Gasteiger partial charge in [0.25, 0.3) is 0 Å². The molecule has 0 spiro atoms. The summed E-state index contributed by atoms with van der Waals surface area (Å²) in [5.74, 6) is 2.89. The number of aromatic nitrogens is 4. The highest BCUT2D eigenvalue weighted by atomic mass is 32.1. The van der Waals surface area contributed by atoms with E-state index in [1.807, 2.05) is 11.7 Å². The number of guanidine groups is 1. The third kappa shape index (κ3) is 4.36. The zero-order valence-corrected chi connectivity index (χ0v) is 16.3. The smallest absolute Gasteiger partial charge is 0.191 e. The highest BCUT2D eigenvalue weighted by molar-refractivity contribution is 7.11. The average Bonchev–Trinajstić information content (AvgIpc) is 3.15. The quantitative estimate of drug-likeness (QED) is 0.625. The van der Waals surface area contributed by atoms with Crippen LogP contribution in [0.2, 0.25) is 0 Å². The number of aryl methyl sites for hydroxylation is 4. The van der Waals surface area contributed by atoms with Crippen LogP contribution >= 0.6 is 11.3 Å². The molecule has 0 saturated heterocycles. The highest BCUT2D eigenvalue weighted by Gasteiger charge is 2.22. The highest BCUT2D eigenvalue weighted by Crippen LogP contribution is 2.17. The fraction of sp³-hybridized carbons (Fsp3) is 0.647. The Kier molecular flexibility index (Phi) is 5.67. The lowest BCUT2D eigenvalue weighted by molar-refractivity contribution is 0.392. The first kappa shape index (κ1) is 17.8. The van der Waals surface area contributed by atoms with Crippen molar-refractivity contribution in [1.82, 2.24) is 30.4 Å². The number of hydrogen-bond donors (Lipinski definition) is 2. The second-order valence-corrected chi connectivity index (χ2v) is 7.64. The Morgan fingerprint density at radius 3 is 2.88 bits per heavy atom. The average molecular weight is 362 g/mol. The van der Waals surface area contributed by atoms with E-state index >= 15 is 0 Å². The minimum Gasteiger partial charge on any atom is -0.356 e. The second kappa shape index (κ2) is 7.95. The zero-order chi connectivity index (χ0) is 17.8. The summed E-state index contributed by atoms with van der Waals surface area (Å²) in [6.07, 6.45) is 3.87. The Bertz CT molecular complexity index is 746. The molecule has 1 aliphatic heterocycles. The molecule has 0 saturated carbocycles.